The number of carbonyl (C=O) groups is 1. The molecule has 1 amide bonds. The van der Waals surface area contributed by atoms with Crippen molar-refractivity contribution in [2.45, 2.75) is 20.8 Å². The average molecular weight is 342 g/mol. The molecule has 2 aromatic rings. The highest BCUT2D eigenvalue weighted by Gasteiger charge is 2.05. The molecule has 0 aromatic heterocycles. The van der Waals surface area contributed by atoms with Crippen molar-refractivity contribution in [1.82, 2.24) is 5.43 Å². The van der Waals surface area contributed by atoms with Gasteiger partial charge in [0.25, 0.3) is 5.91 Å². The molecule has 0 radical (unpaired) electrons. The summed E-state index contributed by atoms with van der Waals surface area (Å²) in [5.74, 6) is 0.741. The molecule has 2 rings (SSSR count). The maximum atomic E-state index is 11.8. The van der Waals surface area contributed by atoms with E-state index in [1.165, 1.54) is 12.3 Å². The molecule has 0 atom stereocenters. The lowest BCUT2D eigenvalue weighted by molar-refractivity contribution is -0.123. The summed E-state index contributed by atoms with van der Waals surface area (Å²) in [6.45, 7) is 6.08. The Balaban J connectivity index is 1.87. The van der Waals surface area contributed by atoms with Crippen LogP contribution in [0.1, 0.15) is 23.6 Å². The topological polar surface area (TPSA) is 80.2 Å². The van der Waals surface area contributed by atoms with Gasteiger partial charge in [-0.2, -0.15) is 5.10 Å². The first-order chi connectivity index (χ1) is 12.0. The maximum Gasteiger partial charge on any atom is 0.277 e. The zero-order valence-corrected chi connectivity index (χ0v) is 14.6. The third-order valence-corrected chi connectivity index (χ3v) is 3.38. The van der Waals surface area contributed by atoms with E-state index in [2.05, 4.69) is 10.5 Å². The van der Waals surface area contributed by atoms with Gasteiger partial charge in [-0.1, -0.05) is 17.7 Å². The monoisotopic (exact) mass is 342 g/mol. The van der Waals surface area contributed by atoms with Gasteiger partial charge in [0, 0.05) is 0 Å². The van der Waals surface area contributed by atoms with Crippen LogP contribution < -0.4 is 14.9 Å². The molecule has 132 valence electrons. The normalized spacial score (nSPS) is 10.7. The Labute approximate surface area is 147 Å². The third kappa shape index (κ3) is 5.53. The zero-order chi connectivity index (χ0) is 18.2. The number of benzene rings is 2. The number of hydrogen-bond donors (Lipinski definition) is 2. The zero-order valence-electron chi connectivity index (χ0n) is 14.6. The van der Waals surface area contributed by atoms with Gasteiger partial charge in [0.1, 0.15) is 5.75 Å². The van der Waals surface area contributed by atoms with Crippen LogP contribution in [0.4, 0.5) is 0 Å². The van der Waals surface area contributed by atoms with Gasteiger partial charge in [-0.25, -0.2) is 5.43 Å². The number of aryl methyl sites for hydroxylation is 2. The smallest absolute Gasteiger partial charge is 0.277 e. The van der Waals surface area contributed by atoms with Gasteiger partial charge < -0.3 is 14.6 Å². The predicted octanol–water partition coefficient (Wildman–Crippen LogP) is 2.94. The number of phenolic OH excluding ortho intramolecular Hbond substituents is 1. The van der Waals surface area contributed by atoms with Crippen molar-refractivity contribution >= 4 is 12.1 Å². The summed E-state index contributed by atoms with van der Waals surface area (Å²) in [7, 11) is 0. The molecule has 0 fully saturated rings. The minimum Gasteiger partial charge on any atom is -0.504 e. The van der Waals surface area contributed by atoms with Gasteiger partial charge in [-0.3, -0.25) is 4.79 Å². The lowest BCUT2D eigenvalue weighted by Crippen LogP contribution is -2.24. The molecule has 0 aliphatic heterocycles. The molecule has 0 heterocycles. The molecule has 2 aromatic carbocycles. The van der Waals surface area contributed by atoms with Gasteiger partial charge in [-0.15, -0.1) is 0 Å². The molecule has 2 N–H and O–H groups in total. The van der Waals surface area contributed by atoms with E-state index in [0.717, 1.165) is 11.1 Å². The van der Waals surface area contributed by atoms with Crippen LogP contribution in [-0.2, 0) is 4.79 Å². The lowest BCUT2D eigenvalue weighted by Gasteiger charge is -2.08. The largest absolute Gasteiger partial charge is 0.504 e. The van der Waals surface area contributed by atoms with E-state index in [1.54, 1.807) is 12.1 Å². The van der Waals surface area contributed by atoms with E-state index >= 15 is 0 Å². The number of nitrogens with zero attached hydrogens (tertiary/aromatic N) is 1. The number of nitrogens with one attached hydrogen (secondary N) is 1. The Morgan fingerprint density at radius 2 is 1.96 bits per heavy atom. The van der Waals surface area contributed by atoms with Crippen molar-refractivity contribution in [3.8, 4) is 17.2 Å². The number of carbonyl (C=O) groups excluding carboxylic acids is 1. The van der Waals surface area contributed by atoms with Crippen LogP contribution >= 0.6 is 0 Å². The molecule has 0 aliphatic rings. The highest BCUT2D eigenvalue weighted by atomic mass is 16.5. The van der Waals surface area contributed by atoms with Gasteiger partial charge in [0.2, 0.25) is 0 Å². The molecule has 25 heavy (non-hydrogen) atoms. The van der Waals surface area contributed by atoms with E-state index in [-0.39, 0.29) is 18.3 Å². The number of ether oxygens (including phenoxy) is 2. The molecule has 0 saturated heterocycles. The summed E-state index contributed by atoms with van der Waals surface area (Å²) in [6, 6.07) is 10.6. The fourth-order valence-electron chi connectivity index (χ4n) is 2.20. The van der Waals surface area contributed by atoms with Gasteiger partial charge >= 0.3 is 0 Å². The van der Waals surface area contributed by atoms with Crippen LogP contribution in [0.3, 0.4) is 0 Å². The molecule has 6 heteroatoms. The highest BCUT2D eigenvalue weighted by molar-refractivity contribution is 5.83. The lowest BCUT2D eigenvalue weighted by atomic mass is 10.1. The summed E-state index contributed by atoms with van der Waals surface area (Å²) in [6.07, 6.45) is 1.47. The second-order valence-corrected chi connectivity index (χ2v) is 5.51. The van der Waals surface area contributed by atoms with Crippen LogP contribution in [0.2, 0.25) is 0 Å². The molecular weight excluding hydrogens is 320 g/mol. The molecule has 0 saturated carbocycles. The van der Waals surface area contributed by atoms with Gasteiger partial charge in [0.05, 0.1) is 12.8 Å². The highest BCUT2D eigenvalue weighted by Crippen LogP contribution is 2.26. The quantitative estimate of drug-likeness (QED) is 0.599. The first kappa shape index (κ1) is 18.3. The van der Waals surface area contributed by atoms with Crippen molar-refractivity contribution in [1.29, 1.82) is 0 Å². The second kappa shape index (κ2) is 8.73. The van der Waals surface area contributed by atoms with Crippen molar-refractivity contribution in [3.63, 3.8) is 0 Å². The van der Waals surface area contributed by atoms with Crippen LogP contribution in [0, 0.1) is 13.8 Å². The number of aromatic hydroxyl groups is 1. The molecule has 0 bridgehead atoms. The van der Waals surface area contributed by atoms with Gasteiger partial charge in [0.15, 0.2) is 18.1 Å². The maximum absolute atomic E-state index is 11.8. The van der Waals surface area contributed by atoms with Crippen LogP contribution in [0.15, 0.2) is 41.5 Å². The SMILES string of the molecule is CCOc1cc(/C=N\NC(=O)COc2ccc(C)cc2C)ccc1O. The Kier molecular flexibility index (Phi) is 6.39. The first-order valence-corrected chi connectivity index (χ1v) is 7.97. The summed E-state index contributed by atoms with van der Waals surface area (Å²) >= 11 is 0. The summed E-state index contributed by atoms with van der Waals surface area (Å²) < 4.78 is 10.8. The number of hydrazone groups is 1. The Bertz CT molecular complexity index is 772. The number of hydrogen-bond acceptors (Lipinski definition) is 5. The van der Waals surface area contributed by atoms with Crippen molar-refractivity contribution in [2.75, 3.05) is 13.2 Å². The summed E-state index contributed by atoms with van der Waals surface area (Å²) in [5, 5.41) is 13.5. The van der Waals surface area contributed by atoms with E-state index in [1.807, 2.05) is 39.0 Å². The van der Waals surface area contributed by atoms with Gasteiger partial charge in [-0.05, 0) is 56.2 Å². The standard InChI is InChI=1S/C19H22N2O4/c1-4-24-18-10-15(6-7-16(18)22)11-20-21-19(23)12-25-17-8-5-13(2)9-14(17)3/h5-11,22H,4,12H2,1-3H3,(H,21,23)/b20-11-. The Morgan fingerprint density at radius 1 is 1.16 bits per heavy atom. The minimum absolute atomic E-state index is 0.0601. The summed E-state index contributed by atoms with van der Waals surface area (Å²) in [4.78, 5) is 11.8. The third-order valence-electron chi connectivity index (χ3n) is 3.38. The molecule has 0 spiro atoms. The number of phenols is 1. The number of rotatable bonds is 7. The predicted molar refractivity (Wildman–Crippen MR) is 96.4 cm³/mol. The van der Waals surface area contributed by atoms with Crippen molar-refractivity contribution in [2.24, 2.45) is 5.10 Å². The van der Waals surface area contributed by atoms with Crippen molar-refractivity contribution < 1.29 is 19.4 Å². The second-order valence-electron chi connectivity index (χ2n) is 5.51. The van der Waals surface area contributed by atoms with Crippen LogP contribution in [0.5, 0.6) is 17.2 Å². The molecular formula is C19H22N2O4. The molecule has 6 nitrogen and oxygen atoms in total. The minimum atomic E-state index is -0.361. The first-order valence-electron chi connectivity index (χ1n) is 7.97. The van der Waals surface area contributed by atoms with E-state index in [4.69, 9.17) is 9.47 Å². The van der Waals surface area contributed by atoms with E-state index in [9.17, 15) is 9.90 Å². The molecule has 0 aliphatic carbocycles. The van der Waals surface area contributed by atoms with Crippen LogP contribution in [0.25, 0.3) is 0 Å². The molecule has 0 unspecified atom stereocenters. The fraction of sp³-hybridized carbons (Fsp3) is 0.263. The number of amides is 1. The average Bonchev–Trinajstić information content (AvgIpc) is 2.57. The van der Waals surface area contributed by atoms with E-state index < -0.39 is 0 Å². The fourth-order valence-corrected chi connectivity index (χ4v) is 2.20. The summed E-state index contributed by atoms with van der Waals surface area (Å²) in [5.41, 5.74) is 5.21. The Morgan fingerprint density at radius 3 is 2.68 bits per heavy atom. The van der Waals surface area contributed by atoms with Crippen molar-refractivity contribution in [3.05, 3.63) is 53.1 Å². The Hall–Kier alpha value is -3.02. The van der Waals surface area contributed by atoms with E-state index in [0.29, 0.717) is 23.7 Å². The van der Waals surface area contributed by atoms with Crippen LogP contribution in [-0.4, -0.2) is 30.4 Å².